The molecule has 1 fully saturated rings. The smallest absolute Gasteiger partial charge is 0.350 e. The van der Waals surface area contributed by atoms with Crippen LogP contribution in [0.25, 0.3) is 11.3 Å². The number of nitrogens with one attached hydrogen (secondary N) is 1. The van der Waals surface area contributed by atoms with Gasteiger partial charge in [-0.05, 0) is 19.8 Å². The van der Waals surface area contributed by atoms with E-state index in [1.54, 1.807) is 6.92 Å². The van der Waals surface area contributed by atoms with Crippen molar-refractivity contribution in [3.8, 4) is 11.3 Å². The van der Waals surface area contributed by atoms with E-state index in [1.807, 2.05) is 30.3 Å². The second-order valence-corrected chi connectivity index (χ2v) is 9.24. The molecular weight excluding hydrogens is 402 g/mol. The average Bonchev–Trinajstić information content (AvgIpc) is 3.29. The molecule has 2 heterocycles. The highest BCUT2D eigenvalue weighted by Crippen LogP contribution is 2.32. The second-order valence-electron chi connectivity index (χ2n) is 6.30. The minimum atomic E-state index is -3.47. The maximum atomic E-state index is 12.7. The van der Waals surface area contributed by atoms with Crippen LogP contribution in [0.4, 0.5) is 5.13 Å². The molecule has 10 heteroatoms. The van der Waals surface area contributed by atoms with Gasteiger partial charge in [-0.25, -0.2) is 18.2 Å². The van der Waals surface area contributed by atoms with Gasteiger partial charge in [-0.1, -0.05) is 41.7 Å². The Balaban J connectivity index is 1.88. The minimum Gasteiger partial charge on any atom is -0.462 e. The van der Waals surface area contributed by atoms with Gasteiger partial charge in [-0.2, -0.15) is 4.31 Å². The van der Waals surface area contributed by atoms with Crippen molar-refractivity contribution in [2.75, 3.05) is 24.7 Å². The molecule has 28 heavy (non-hydrogen) atoms. The predicted octanol–water partition coefficient (Wildman–Crippen LogP) is 2.35. The fraction of sp³-hybridized carbons (Fsp3) is 0.389. The van der Waals surface area contributed by atoms with Gasteiger partial charge in [0.15, 0.2) is 5.13 Å². The van der Waals surface area contributed by atoms with E-state index in [-0.39, 0.29) is 16.6 Å². The Hall–Kier alpha value is -2.30. The normalized spacial score (nSPS) is 17.4. The molecule has 1 aromatic heterocycles. The molecule has 2 aromatic rings. The summed E-state index contributed by atoms with van der Waals surface area (Å²) < 4.78 is 30.0. The summed E-state index contributed by atoms with van der Waals surface area (Å²) in [7, 11) is -3.47. The molecule has 1 aromatic carbocycles. The zero-order valence-corrected chi connectivity index (χ0v) is 17.2. The quantitative estimate of drug-likeness (QED) is 0.715. The number of nitrogens with zero attached hydrogens (tertiary/aromatic N) is 2. The Kier molecular flexibility index (Phi) is 6.11. The van der Waals surface area contributed by atoms with Crippen LogP contribution in [-0.4, -0.2) is 55.0 Å². The zero-order valence-electron chi connectivity index (χ0n) is 15.5. The zero-order chi connectivity index (χ0) is 20.3. The first kappa shape index (κ1) is 20.4. The van der Waals surface area contributed by atoms with Gasteiger partial charge in [-0.3, -0.25) is 4.79 Å². The number of aromatic nitrogens is 1. The SMILES string of the molecule is CCOC(=O)c1sc(NC(=O)C2CCCN2S(C)(=O)=O)nc1-c1ccccc1. The lowest BCUT2D eigenvalue weighted by atomic mass is 10.1. The Morgan fingerprint density at radius 3 is 2.68 bits per heavy atom. The van der Waals surface area contributed by atoms with E-state index in [1.165, 1.54) is 4.31 Å². The van der Waals surface area contributed by atoms with Crippen LogP contribution >= 0.6 is 11.3 Å². The molecule has 0 bridgehead atoms. The van der Waals surface area contributed by atoms with Gasteiger partial charge < -0.3 is 10.1 Å². The highest BCUT2D eigenvalue weighted by Gasteiger charge is 2.37. The van der Waals surface area contributed by atoms with E-state index in [4.69, 9.17) is 4.74 Å². The number of rotatable bonds is 6. The van der Waals surface area contributed by atoms with Crippen LogP contribution < -0.4 is 5.32 Å². The summed E-state index contributed by atoms with van der Waals surface area (Å²) in [5.41, 5.74) is 1.15. The van der Waals surface area contributed by atoms with Crippen LogP contribution in [0.2, 0.25) is 0 Å². The number of thiazole rings is 1. The first-order chi connectivity index (χ1) is 13.3. The number of hydrogen-bond donors (Lipinski definition) is 1. The lowest BCUT2D eigenvalue weighted by molar-refractivity contribution is -0.119. The maximum absolute atomic E-state index is 12.7. The van der Waals surface area contributed by atoms with Gasteiger partial charge in [0.1, 0.15) is 10.9 Å². The third-order valence-electron chi connectivity index (χ3n) is 4.30. The number of hydrogen-bond acceptors (Lipinski definition) is 7. The van der Waals surface area contributed by atoms with Crippen molar-refractivity contribution in [1.29, 1.82) is 0 Å². The molecule has 0 radical (unpaired) electrons. The summed E-state index contributed by atoms with van der Waals surface area (Å²) in [6.45, 7) is 2.25. The van der Waals surface area contributed by atoms with Crippen LogP contribution in [0.1, 0.15) is 29.4 Å². The number of carbonyl (C=O) groups excluding carboxylic acids is 2. The first-order valence-corrected chi connectivity index (χ1v) is 11.5. The lowest BCUT2D eigenvalue weighted by Crippen LogP contribution is -2.42. The maximum Gasteiger partial charge on any atom is 0.350 e. The Labute approximate surface area is 167 Å². The Morgan fingerprint density at radius 2 is 2.04 bits per heavy atom. The number of sulfonamides is 1. The fourth-order valence-corrected chi connectivity index (χ4v) is 5.10. The molecule has 1 aliphatic heterocycles. The van der Waals surface area contributed by atoms with Crippen molar-refractivity contribution in [3.05, 3.63) is 35.2 Å². The number of anilines is 1. The molecule has 0 spiro atoms. The van der Waals surface area contributed by atoms with Gasteiger partial charge in [0.05, 0.1) is 18.6 Å². The molecule has 1 atom stereocenters. The van der Waals surface area contributed by atoms with Crippen molar-refractivity contribution >= 4 is 38.4 Å². The van der Waals surface area contributed by atoms with E-state index < -0.39 is 27.9 Å². The molecular formula is C18H21N3O5S2. The van der Waals surface area contributed by atoms with E-state index in [0.29, 0.717) is 25.1 Å². The summed E-state index contributed by atoms with van der Waals surface area (Å²) in [6, 6.07) is 8.35. The third-order valence-corrected chi connectivity index (χ3v) is 6.54. The monoisotopic (exact) mass is 423 g/mol. The van der Waals surface area contributed by atoms with Crippen molar-refractivity contribution in [2.45, 2.75) is 25.8 Å². The number of esters is 1. The molecule has 1 N–H and O–H groups in total. The first-order valence-electron chi connectivity index (χ1n) is 8.82. The summed E-state index contributed by atoms with van der Waals surface area (Å²) in [5.74, 6) is -0.968. The van der Waals surface area contributed by atoms with Gasteiger partial charge in [0, 0.05) is 12.1 Å². The van der Waals surface area contributed by atoms with Gasteiger partial charge in [0.2, 0.25) is 15.9 Å². The molecule has 0 saturated carbocycles. The average molecular weight is 424 g/mol. The van der Waals surface area contributed by atoms with Crippen molar-refractivity contribution in [1.82, 2.24) is 9.29 Å². The van der Waals surface area contributed by atoms with Crippen LogP contribution in [0, 0.1) is 0 Å². The van der Waals surface area contributed by atoms with E-state index in [0.717, 1.165) is 23.2 Å². The number of ether oxygens (including phenoxy) is 1. The summed E-state index contributed by atoms with van der Waals surface area (Å²) in [5, 5.41) is 2.90. The van der Waals surface area contributed by atoms with E-state index in [9.17, 15) is 18.0 Å². The fourth-order valence-electron chi connectivity index (χ4n) is 3.09. The standard InChI is InChI=1S/C18H21N3O5S2/c1-3-26-17(23)15-14(12-8-5-4-6-9-12)19-18(27-15)20-16(22)13-10-7-11-21(13)28(2,24)25/h4-6,8-9,13H,3,7,10-11H2,1-2H3,(H,19,20,22). The Bertz CT molecular complexity index is 972. The van der Waals surface area contributed by atoms with E-state index in [2.05, 4.69) is 10.3 Å². The molecule has 1 saturated heterocycles. The molecule has 1 unspecified atom stereocenters. The second kappa shape index (κ2) is 8.38. The molecule has 3 rings (SSSR count). The van der Waals surface area contributed by atoms with Crippen molar-refractivity contribution < 1.29 is 22.7 Å². The van der Waals surface area contributed by atoms with Crippen LogP contribution in [-0.2, 0) is 19.6 Å². The lowest BCUT2D eigenvalue weighted by Gasteiger charge is -2.20. The summed E-state index contributed by atoms with van der Waals surface area (Å²) in [4.78, 5) is 29.7. The number of carbonyl (C=O) groups is 2. The minimum absolute atomic E-state index is 0.220. The molecule has 8 nitrogen and oxygen atoms in total. The molecule has 1 aliphatic rings. The molecule has 150 valence electrons. The predicted molar refractivity (Wildman–Crippen MR) is 107 cm³/mol. The number of benzene rings is 1. The summed E-state index contributed by atoms with van der Waals surface area (Å²) in [6.07, 6.45) is 2.15. The van der Waals surface area contributed by atoms with Crippen molar-refractivity contribution in [2.24, 2.45) is 0 Å². The van der Waals surface area contributed by atoms with Crippen LogP contribution in [0.15, 0.2) is 30.3 Å². The molecule has 1 amide bonds. The highest BCUT2D eigenvalue weighted by molar-refractivity contribution is 7.88. The van der Waals surface area contributed by atoms with Gasteiger partial charge in [-0.15, -0.1) is 0 Å². The largest absolute Gasteiger partial charge is 0.462 e. The van der Waals surface area contributed by atoms with Crippen LogP contribution in [0.3, 0.4) is 0 Å². The van der Waals surface area contributed by atoms with Gasteiger partial charge >= 0.3 is 5.97 Å². The highest BCUT2D eigenvalue weighted by atomic mass is 32.2. The number of amides is 1. The summed E-state index contributed by atoms with van der Waals surface area (Å²) >= 11 is 1.01. The van der Waals surface area contributed by atoms with Gasteiger partial charge in [0.25, 0.3) is 0 Å². The topological polar surface area (TPSA) is 106 Å². The molecule has 0 aliphatic carbocycles. The van der Waals surface area contributed by atoms with E-state index >= 15 is 0 Å². The van der Waals surface area contributed by atoms with Crippen molar-refractivity contribution in [3.63, 3.8) is 0 Å². The third kappa shape index (κ3) is 4.40. The van der Waals surface area contributed by atoms with Crippen LogP contribution in [0.5, 0.6) is 0 Å². The Morgan fingerprint density at radius 1 is 1.32 bits per heavy atom.